The number of hydrogen-bond donors (Lipinski definition) is 0. The second-order valence-electron chi connectivity index (χ2n) is 5.28. The van der Waals surface area contributed by atoms with Crippen LogP contribution in [0.2, 0.25) is 0 Å². The van der Waals surface area contributed by atoms with Gasteiger partial charge in [0.2, 0.25) is 0 Å². The van der Waals surface area contributed by atoms with Crippen molar-refractivity contribution in [3.63, 3.8) is 0 Å². The third kappa shape index (κ3) is 3.40. The number of hydrogen-bond acceptors (Lipinski definition) is 6. The Morgan fingerprint density at radius 2 is 2.30 bits per heavy atom. The van der Waals surface area contributed by atoms with E-state index in [1.807, 2.05) is 39.0 Å². The molecule has 23 heavy (non-hydrogen) atoms. The van der Waals surface area contributed by atoms with Gasteiger partial charge in [0.25, 0.3) is 0 Å². The highest BCUT2D eigenvalue weighted by Crippen LogP contribution is 2.28. The van der Waals surface area contributed by atoms with E-state index in [4.69, 9.17) is 4.42 Å². The van der Waals surface area contributed by atoms with Crippen molar-refractivity contribution >= 4 is 28.9 Å². The number of Topliss-reactive ketones (excluding diaryl/α,β-unsaturated/α-hetero) is 1. The van der Waals surface area contributed by atoms with Crippen LogP contribution in [0.1, 0.15) is 34.4 Å². The van der Waals surface area contributed by atoms with Crippen LogP contribution >= 0.6 is 23.1 Å². The first kappa shape index (κ1) is 16.0. The second kappa shape index (κ2) is 6.72. The van der Waals surface area contributed by atoms with Crippen LogP contribution in [0.15, 0.2) is 38.7 Å². The Hall–Kier alpha value is -1.86. The zero-order chi connectivity index (χ0) is 16.4. The predicted octanol–water partition coefficient (Wildman–Crippen LogP) is 3.96. The molecular weight excluding hydrogens is 330 g/mol. The van der Waals surface area contributed by atoms with Crippen molar-refractivity contribution in [1.82, 2.24) is 14.8 Å². The van der Waals surface area contributed by atoms with E-state index >= 15 is 0 Å². The van der Waals surface area contributed by atoms with Crippen molar-refractivity contribution in [3.8, 4) is 0 Å². The number of ketones is 1. The minimum absolute atomic E-state index is 0.115. The lowest BCUT2D eigenvalue weighted by Gasteiger charge is -2.10. The van der Waals surface area contributed by atoms with E-state index in [-0.39, 0.29) is 11.0 Å². The minimum atomic E-state index is -0.194. The Morgan fingerprint density at radius 3 is 2.96 bits per heavy atom. The third-order valence-electron chi connectivity index (χ3n) is 3.72. The van der Waals surface area contributed by atoms with Crippen LogP contribution in [0.5, 0.6) is 0 Å². The average molecular weight is 347 g/mol. The minimum Gasteiger partial charge on any atom is -0.467 e. The predicted molar refractivity (Wildman–Crippen MR) is 91.3 cm³/mol. The molecule has 0 radical (unpaired) electrons. The molecule has 0 N–H and O–H groups in total. The van der Waals surface area contributed by atoms with E-state index in [0.717, 1.165) is 27.1 Å². The van der Waals surface area contributed by atoms with Crippen molar-refractivity contribution in [2.24, 2.45) is 0 Å². The summed E-state index contributed by atoms with van der Waals surface area (Å²) in [5.41, 5.74) is 4.46. The average Bonchev–Trinajstić information content (AvgIpc) is 3.25. The first-order valence-electron chi connectivity index (χ1n) is 7.22. The first-order chi connectivity index (χ1) is 11.1. The molecule has 0 spiro atoms. The summed E-state index contributed by atoms with van der Waals surface area (Å²) in [6.45, 7) is 6.53. The van der Waals surface area contributed by atoms with E-state index in [1.54, 1.807) is 11.8 Å². The number of carbonyl (C=O) groups is 1. The van der Waals surface area contributed by atoms with Gasteiger partial charge in [-0.1, -0.05) is 23.1 Å². The number of furan rings is 1. The summed E-state index contributed by atoms with van der Waals surface area (Å²) in [5, 5.41) is 7.60. The lowest BCUT2D eigenvalue weighted by Crippen LogP contribution is -2.14. The Morgan fingerprint density at radius 1 is 1.48 bits per heavy atom. The summed E-state index contributed by atoms with van der Waals surface area (Å²) in [5.74, 6) is 0.992. The molecule has 0 bridgehead atoms. The molecule has 120 valence electrons. The maximum absolute atomic E-state index is 12.8. The van der Waals surface area contributed by atoms with Gasteiger partial charge in [-0.3, -0.25) is 4.79 Å². The van der Waals surface area contributed by atoms with Crippen LogP contribution < -0.4 is 0 Å². The zero-order valence-electron chi connectivity index (χ0n) is 13.1. The Balaban J connectivity index is 1.81. The van der Waals surface area contributed by atoms with Crippen molar-refractivity contribution < 1.29 is 9.21 Å². The molecule has 0 aromatic carbocycles. The molecule has 3 aromatic rings. The van der Waals surface area contributed by atoms with E-state index in [0.29, 0.717) is 6.54 Å². The maximum atomic E-state index is 12.8. The van der Waals surface area contributed by atoms with Gasteiger partial charge in [-0.05, 0) is 39.0 Å². The number of carbonyl (C=O) groups excluding carboxylic acids is 1. The number of aromatic nitrogens is 3. The van der Waals surface area contributed by atoms with Crippen LogP contribution in [0.25, 0.3) is 0 Å². The van der Waals surface area contributed by atoms with Crippen LogP contribution in [0.4, 0.5) is 0 Å². The van der Waals surface area contributed by atoms with Gasteiger partial charge in [0.15, 0.2) is 10.1 Å². The number of nitrogens with zero attached hydrogens (tertiary/aromatic N) is 3. The van der Waals surface area contributed by atoms with Crippen LogP contribution in [-0.2, 0) is 6.54 Å². The highest BCUT2D eigenvalue weighted by Gasteiger charge is 2.23. The fraction of sp³-hybridized carbons (Fsp3) is 0.312. The topological polar surface area (TPSA) is 60.9 Å². The summed E-state index contributed by atoms with van der Waals surface area (Å²) in [7, 11) is 0. The molecule has 3 rings (SSSR count). The second-order valence-corrected chi connectivity index (χ2v) is 7.70. The molecule has 1 atom stereocenters. The maximum Gasteiger partial charge on any atom is 0.177 e. The molecule has 0 aliphatic rings. The van der Waals surface area contributed by atoms with Gasteiger partial charge in [-0.15, -0.1) is 10.2 Å². The number of aryl methyl sites for hydroxylation is 1. The molecule has 0 fully saturated rings. The van der Waals surface area contributed by atoms with E-state index in [9.17, 15) is 4.79 Å². The van der Waals surface area contributed by atoms with Gasteiger partial charge < -0.3 is 8.98 Å². The van der Waals surface area contributed by atoms with Gasteiger partial charge >= 0.3 is 0 Å². The number of thioether (sulfide) groups is 1. The van der Waals surface area contributed by atoms with Gasteiger partial charge in [0, 0.05) is 17.0 Å². The molecule has 5 nitrogen and oxygen atoms in total. The van der Waals surface area contributed by atoms with Crippen molar-refractivity contribution in [1.29, 1.82) is 0 Å². The van der Waals surface area contributed by atoms with Gasteiger partial charge in [-0.25, -0.2) is 0 Å². The Labute approximate surface area is 142 Å². The summed E-state index contributed by atoms with van der Waals surface area (Å²) >= 11 is 2.90. The standard InChI is InChI=1S/C16H17N3O2S2/c1-10-7-14(11(2)19(10)8-13-5-4-6-21-13)15(20)12(3)23-16-18-17-9-22-16/h4-7,9,12H,8H2,1-3H3/t12-/m0/s1. The lowest BCUT2D eigenvalue weighted by atomic mass is 10.1. The highest BCUT2D eigenvalue weighted by molar-refractivity contribution is 8.02. The zero-order valence-corrected chi connectivity index (χ0v) is 14.8. The Bertz CT molecular complexity index is 792. The lowest BCUT2D eigenvalue weighted by molar-refractivity contribution is 0.0993. The Kier molecular flexibility index (Phi) is 4.68. The monoisotopic (exact) mass is 347 g/mol. The van der Waals surface area contributed by atoms with Crippen LogP contribution in [0.3, 0.4) is 0 Å². The van der Waals surface area contributed by atoms with Crippen LogP contribution in [0, 0.1) is 13.8 Å². The molecular formula is C16H17N3O2S2. The third-order valence-corrected chi connectivity index (χ3v) is 5.63. The molecule has 0 saturated carbocycles. The molecule has 0 aliphatic heterocycles. The van der Waals surface area contributed by atoms with E-state index in [2.05, 4.69) is 14.8 Å². The smallest absolute Gasteiger partial charge is 0.177 e. The van der Waals surface area contributed by atoms with E-state index < -0.39 is 0 Å². The summed E-state index contributed by atoms with van der Waals surface area (Å²) in [6, 6.07) is 5.77. The highest BCUT2D eigenvalue weighted by atomic mass is 32.2. The summed E-state index contributed by atoms with van der Waals surface area (Å²) in [4.78, 5) is 12.8. The van der Waals surface area contributed by atoms with Gasteiger partial charge in [0.05, 0.1) is 18.1 Å². The molecule has 7 heteroatoms. The van der Waals surface area contributed by atoms with Crippen molar-refractivity contribution in [2.45, 2.75) is 36.9 Å². The van der Waals surface area contributed by atoms with E-state index in [1.165, 1.54) is 23.1 Å². The molecule has 3 aromatic heterocycles. The van der Waals surface area contributed by atoms with Crippen LogP contribution in [-0.4, -0.2) is 25.8 Å². The first-order valence-corrected chi connectivity index (χ1v) is 8.98. The molecule has 3 heterocycles. The summed E-state index contributed by atoms with van der Waals surface area (Å²) < 4.78 is 8.33. The van der Waals surface area contributed by atoms with Gasteiger partial charge in [0.1, 0.15) is 11.3 Å². The number of rotatable bonds is 6. The quantitative estimate of drug-likeness (QED) is 0.499. The normalized spacial score (nSPS) is 12.5. The largest absolute Gasteiger partial charge is 0.467 e. The fourth-order valence-electron chi connectivity index (χ4n) is 2.49. The fourth-order valence-corrected chi connectivity index (χ4v) is 4.18. The van der Waals surface area contributed by atoms with Gasteiger partial charge in [-0.2, -0.15) is 0 Å². The SMILES string of the molecule is Cc1cc(C(=O)[C@H](C)Sc2nncs2)c(C)n1Cc1ccco1. The molecule has 0 aliphatic carbocycles. The van der Waals surface area contributed by atoms with Crippen molar-refractivity contribution in [2.75, 3.05) is 0 Å². The molecule has 0 saturated heterocycles. The molecule has 0 amide bonds. The molecule has 0 unspecified atom stereocenters. The van der Waals surface area contributed by atoms with Crippen molar-refractivity contribution in [3.05, 3.63) is 52.7 Å². The summed E-state index contributed by atoms with van der Waals surface area (Å²) in [6.07, 6.45) is 1.66.